The Labute approximate surface area is 146 Å². The summed E-state index contributed by atoms with van der Waals surface area (Å²) in [6, 6.07) is 10.8. The van der Waals surface area contributed by atoms with Crippen molar-refractivity contribution in [3.05, 3.63) is 58.3 Å². The highest BCUT2D eigenvalue weighted by molar-refractivity contribution is 5.92. The summed E-state index contributed by atoms with van der Waals surface area (Å²) in [5.41, 5.74) is 1.32. The smallest absolute Gasteiger partial charge is 0.323 e. The third kappa shape index (κ3) is 2.76. The first-order valence-corrected chi connectivity index (χ1v) is 7.95. The molecule has 2 aliphatic rings. The molecule has 2 N–H and O–H groups in total. The molecule has 1 aromatic heterocycles. The average Bonchev–Trinajstić information content (AvgIpc) is 3.21. The maximum absolute atomic E-state index is 12.5. The number of rotatable bonds is 2. The van der Waals surface area contributed by atoms with Gasteiger partial charge in [0, 0.05) is 37.8 Å². The zero-order chi connectivity index (χ0) is 16.0. The van der Waals surface area contributed by atoms with Crippen molar-refractivity contribution >= 4 is 18.3 Å². The molecular formula is C17H21ClN4O2. The van der Waals surface area contributed by atoms with E-state index in [-0.39, 0.29) is 24.0 Å². The Hall–Kier alpha value is -2.05. The molecule has 7 heteroatoms. The van der Waals surface area contributed by atoms with Gasteiger partial charge in [-0.25, -0.2) is 4.79 Å². The Morgan fingerprint density at radius 3 is 2.58 bits per heavy atom. The van der Waals surface area contributed by atoms with Crippen LogP contribution >= 0.6 is 12.4 Å². The van der Waals surface area contributed by atoms with Crippen molar-refractivity contribution in [1.29, 1.82) is 0 Å². The van der Waals surface area contributed by atoms with E-state index in [0.717, 1.165) is 19.6 Å². The highest BCUT2D eigenvalue weighted by Crippen LogP contribution is 2.44. The summed E-state index contributed by atoms with van der Waals surface area (Å²) in [6.45, 7) is 2.49. The maximum atomic E-state index is 12.5. The van der Waals surface area contributed by atoms with Gasteiger partial charge in [-0.2, -0.15) is 0 Å². The number of H-pyrrole nitrogens is 2. The molecule has 1 amide bonds. The highest BCUT2D eigenvalue weighted by atomic mass is 35.5. The summed E-state index contributed by atoms with van der Waals surface area (Å²) in [4.78, 5) is 33.1. The number of fused-ring (bicyclic) bond motifs is 1. The Balaban J connectivity index is 0.00000169. The molecule has 0 bridgehead atoms. The Kier molecular flexibility index (Phi) is 4.51. The van der Waals surface area contributed by atoms with E-state index in [2.05, 4.69) is 46.2 Å². The van der Waals surface area contributed by atoms with E-state index in [0.29, 0.717) is 23.6 Å². The number of likely N-dealkylation sites (tertiary alicyclic amines) is 2. The maximum Gasteiger partial charge on any atom is 0.323 e. The van der Waals surface area contributed by atoms with Gasteiger partial charge in [0.25, 0.3) is 5.91 Å². The largest absolute Gasteiger partial charge is 0.337 e. The molecule has 24 heavy (non-hydrogen) atoms. The third-order valence-electron chi connectivity index (χ3n) is 5.15. The summed E-state index contributed by atoms with van der Waals surface area (Å²) in [5, 5.41) is 0. The fourth-order valence-corrected chi connectivity index (χ4v) is 4.19. The fraction of sp³-hybridized carbons (Fsp3) is 0.412. The van der Waals surface area contributed by atoms with Gasteiger partial charge in [-0.3, -0.25) is 9.69 Å². The van der Waals surface area contributed by atoms with Crippen LogP contribution in [-0.4, -0.2) is 52.4 Å². The van der Waals surface area contributed by atoms with Gasteiger partial charge in [0.15, 0.2) is 0 Å². The molecule has 0 saturated carbocycles. The van der Waals surface area contributed by atoms with Crippen LogP contribution in [0.4, 0.5) is 0 Å². The lowest BCUT2D eigenvalue weighted by molar-refractivity contribution is 0.0762. The van der Waals surface area contributed by atoms with Gasteiger partial charge in [0.2, 0.25) is 0 Å². The van der Waals surface area contributed by atoms with Crippen LogP contribution in [0.15, 0.2) is 41.3 Å². The highest BCUT2D eigenvalue weighted by Gasteiger charge is 2.47. The van der Waals surface area contributed by atoms with Crippen molar-refractivity contribution in [2.75, 3.05) is 26.7 Å². The SMILES string of the molecule is CN1C[C@H]2CN(C(=O)c3c[nH]c(=O)[nH]3)C[C@H]2[C@@H]1c1ccccc1.Cl. The van der Waals surface area contributed by atoms with Crippen LogP contribution in [0.1, 0.15) is 22.1 Å². The molecular weight excluding hydrogens is 328 g/mol. The number of carbonyl (C=O) groups excluding carboxylic acids is 1. The molecule has 2 aliphatic heterocycles. The summed E-state index contributed by atoms with van der Waals surface area (Å²) in [7, 11) is 2.16. The molecule has 3 heterocycles. The first kappa shape index (κ1) is 16.8. The number of carbonyl (C=O) groups is 1. The molecule has 0 radical (unpaired) electrons. The Bertz CT molecular complexity index is 772. The van der Waals surface area contributed by atoms with Gasteiger partial charge < -0.3 is 14.9 Å². The molecule has 2 aromatic rings. The van der Waals surface area contributed by atoms with E-state index >= 15 is 0 Å². The lowest BCUT2D eigenvalue weighted by atomic mass is 9.90. The van der Waals surface area contributed by atoms with Crippen molar-refractivity contribution < 1.29 is 4.79 Å². The van der Waals surface area contributed by atoms with E-state index in [4.69, 9.17) is 0 Å². The van der Waals surface area contributed by atoms with Crippen LogP contribution in [0.3, 0.4) is 0 Å². The molecule has 3 atom stereocenters. The number of hydrogen-bond acceptors (Lipinski definition) is 3. The quantitative estimate of drug-likeness (QED) is 0.864. The number of amides is 1. The number of nitrogens with one attached hydrogen (secondary N) is 2. The summed E-state index contributed by atoms with van der Waals surface area (Å²) < 4.78 is 0. The van der Waals surface area contributed by atoms with Gasteiger partial charge >= 0.3 is 5.69 Å². The number of imidazole rings is 1. The fourth-order valence-electron chi connectivity index (χ4n) is 4.19. The number of hydrogen-bond donors (Lipinski definition) is 2. The normalized spacial score (nSPS) is 26.2. The molecule has 2 saturated heterocycles. The monoisotopic (exact) mass is 348 g/mol. The molecule has 0 unspecified atom stereocenters. The standard InChI is InChI=1S/C17H20N4O2.ClH/c1-20-8-12-9-21(16(22)14-7-18-17(23)19-14)10-13(12)15(20)11-5-3-2-4-6-11;/h2-7,12-13,15H,8-10H2,1H3,(H2,18,19,23);1H/t12-,13+,15-;/m0./s1. The van der Waals surface area contributed by atoms with Crippen molar-refractivity contribution in [3.8, 4) is 0 Å². The van der Waals surface area contributed by atoms with Crippen LogP contribution in [0.2, 0.25) is 0 Å². The van der Waals surface area contributed by atoms with Gasteiger partial charge in [0.05, 0.1) is 0 Å². The predicted octanol–water partition coefficient (Wildman–Crippen LogP) is 1.50. The minimum atomic E-state index is -0.338. The lowest BCUT2D eigenvalue weighted by Crippen LogP contribution is -2.33. The summed E-state index contributed by atoms with van der Waals surface area (Å²) >= 11 is 0. The van der Waals surface area contributed by atoms with Gasteiger partial charge in [-0.1, -0.05) is 30.3 Å². The molecule has 2 fully saturated rings. The second kappa shape index (κ2) is 6.45. The minimum absolute atomic E-state index is 0. The van der Waals surface area contributed by atoms with Gasteiger partial charge in [-0.15, -0.1) is 12.4 Å². The first-order valence-electron chi connectivity index (χ1n) is 7.95. The number of halogens is 1. The van der Waals surface area contributed by atoms with E-state index in [1.165, 1.54) is 11.8 Å². The molecule has 1 aromatic carbocycles. The van der Waals surface area contributed by atoms with E-state index in [1.54, 1.807) is 0 Å². The van der Waals surface area contributed by atoms with Crippen molar-refractivity contribution in [1.82, 2.24) is 19.8 Å². The van der Waals surface area contributed by atoms with Crippen LogP contribution < -0.4 is 5.69 Å². The topological polar surface area (TPSA) is 72.2 Å². The molecule has 0 spiro atoms. The Morgan fingerprint density at radius 2 is 1.92 bits per heavy atom. The number of nitrogens with zero attached hydrogens (tertiary/aromatic N) is 2. The van der Waals surface area contributed by atoms with Crippen molar-refractivity contribution in [2.24, 2.45) is 11.8 Å². The number of aromatic amines is 2. The number of aromatic nitrogens is 2. The van der Waals surface area contributed by atoms with Gasteiger partial charge in [-0.05, 0) is 18.5 Å². The van der Waals surface area contributed by atoms with Crippen LogP contribution in [-0.2, 0) is 0 Å². The first-order chi connectivity index (χ1) is 11.1. The zero-order valence-electron chi connectivity index (χ0n) is 13.4. The number of benzene rings is 1. The van der Waals surface area contributed by atoms with Crippen molar-refractivity contribution in [3.63, 3.8) is 0 Å². The van der Waals surface area contributed by atoms with Crippen LogP contribution in [0.5, 0.6) is 0 Å². The van der Waals surface area contributed by atoms with E-state index < -0.39 is 0 Å². The zero-order valence-corrected chi connectivity index (χ0v) is 14.3. The summed E-state index contributed by atoms with van der Waals surface area (Å²) in [5.74, 6) is 0.837. The second-order valence-electron chi connectivity index (χ2n) is 6.59. The molecule has 4 rings (SSSR count). The predicted molar refractivity (Wildman–Crippen MR) is 93.4 cm³/mol. The second-order valence-corrected chi connectivity index (χ2v) is 6.59. The molecule has 0 aliphatic carbocycles. The lowest BCUT2D eigenvalue weighted by Gasteiger charge is -2.26. The molecule has 128 valence electrons. The van der Waals surface area contributed by atoms with E-state index in [1.807, 2.05) is 11.0 Å². The van der Waals surface area contributed by atoms with Gasteiger partial charge in [0.1, 0.15) is 5.69 Å². The third-order valence-corrected chi connectivity index (χ3v) is 5.15. The van der Waals surface area contributed by atoms with Crippen LogP contribution in [0, 0.1) is 11.8 Å². The Morgan fingerprint density at radius 1 is 1.17 bits per heavy atom. The van der Waals surface area contributed by atoms with Crippen molar-refractivity contribution in [2.45, 2.75) is 6.04 Å². The molecule has 6 nitrogen and oxygen atoms in total. The minimum Gasteiger partial charge on any atom is -0.337 e. The average molecular weight is 349 g/mol. The van der Waals surface area contributed by atoms with E-state index in [9.17, 15) is 9.59 Å². The van der Waals surface area contributed by atoms with Crippen LogP contribution in [0.25, 0.3) is 0 Å². The summed E-state index contributed by atoms with van der Waals surface area (Å²) in [6.07, 6.45) is 1.46.